The van der Waals surface area contributed by atoms with Crippen molar-refractivity contribution in [3.8, 4) is 5.75 Å². The highest BCUT2D eigenvalue weighted by molar-refractivity contribution is 5.87. The number of nitrogens with zero attached hydrogens (tertiary/aromatic N) is 2. The van der Waals surface area contributed by atoms with E-state index in [9.17, 15) is 0 Å². The third kappa shape index (κ3) is 4.44. The topological polar surface area (TPSA) is 28.9 Å². The summed E-state index contributed by atoms with van der Waals surface area (Å²) in [5.41, 5.74) is 5.22. The molecule has 3 aromatic rings. The smallest absolute Gasteiger partial charge is 0.176 e. The molecule has 1 aliphatic rings. The van der Waals surface area contributed by atoms with Crippen LogP contribution in [0.1, 0.15) is 69.0 Å². The van der Waals surface area contributed by atoms with Crippen LogP contribution in [0.3, 0.4) is 0 Å². The molecule has 1 fully saturated rings. The molecule has 0 saturated carbocycles. The SMILES string of the molecule is COc1ccc(CN2CCN(C(C)(C)C)C(c3ccccc3C(C)C)C2)c2cc(C)oc12. The van der Waals surface area contributed by atoms with E-state index >= 15 is 0 Å². The van der Waals surface area contributed by atoms with Crippen LogP contribution in [0.25, 0.3) is 11.0 Å². The second-order valence-corrected chi connectivity index (χ2v) is 10.4. The average Bonchev–Trinajstić information content (AvgIpc) is 3.15. The van der Waals surface area contributed by atoms with Gasteiger partial charge < -0.3 is 9.15 Å². The standard InChI is InChI=1S/C28H38N2O2/c1-19(2)22-10-8-9-11-23(22)25-18-29(14-15-30(25)28(4,5)6)17-21-12-13-26(31-7)27-24(21)16-20(3)32-27/h8-13,16,19,25H,14-15,17-18H2,1-7H3. The van der Waals surface area contributed by atoms with Gasteiger partial charge in [0, 0.05) is 43.1 Å². The summed E-state index contributed by atoms with van der Waals surface area (Å²) >= 11 is 0. The molecule has 1 saturated heterocycles. The zero-order valence-corrected chi connectivity index (χ0v) is 20.7. The quantitative estimate of drug-likeness (QED) is 0.456. The Morgan fingerprint density at radius 1 is 1.09 bits per heavy atom. The van der Waals surface area contributed by atoms with Gasteiger partial charge in [0.05, 0.1) is 7.11 Å². The number of fused-ring (bicyclic) bond motifs is 1. The first-order valence-corrected chi connectivity index (χ1v) is 11.8. The number of methoxy groups -OCH3 is 1. The monoisotopic (exact) mass is 434 g/mol. The van der Waals surface area contributed by atoms with Crippen molar-refractivity contribution in [2.24, 2.45) is 0 Å². The number of furan rings is 1. The van der Waals surface area contributed by atoms with Crippen molar-refractivity contribution in [1.29, 1.82) is 0 Å². The summed E-state index contributed by atoms with van der Waals surface area (Å²) in [4.78, 5) is 5.30. The Morgan fingerprint density at radius 2 is 1.84 bits per heavy atom. The highest BCUT2D eigenvalue weighted by Gasteiger charge is 2.36. The lowest BCUT2D eigenvalue weighted by molar-refractivity contribution is 0.00567. The Morgan fingerprint density at radius 3 is 2.53 bits per heavy atom. The lowest BCUT2D eigenvalue weighted by Gasteiger charge is -2.49. The zero-order chi connectivity index (χ0) is 23.0. The van der Waals surface area contributed by atoms with Gasteiger partial charge in [0.15, 0.2) is 11.3 Å². The number of ether oxygens (including phenoxy) is 1. The highest BCUT2D eigenvalue weighted by atomic mass is 16.5. The molecule has 0 amide bonds. The number of hydrogen-bond acceptors (Lipinski definition) is 4. The van der Waals surface area contributed by atoms with Crippen LogP contribution in [0.15, 0.2) is 46.9 Å². The Kier molecular flexibility index (Phi) is 6.37. The fraction of sp³-hybridized carbons (Fsp3) is 0.500. The van der Waals surface area contributed by atoms with E-state index in [-0.39, 0.29) is 5.54 Å². The van der Waals surface area contributed by atoms with E-state index in [1.807, 2.05) is 13.0 Å². The maximum atomic E-state index is 5.96. The molecule has 0 aliphatic carbocycles. The molecule has 2 aromatic carbocycles. The number of rotatable bonds is 5. The van der Waals surface area contributed by atoms with E-state index in [0.717, 1.165) is 43.3 Å². The predicted molar refractivity (Wildman–Crippen MR) is 133 cm³/mol. The second-order valence-electron chi connectivity index (χ2n) is 10.4. The summed E-state index contributed by atoms with van der Waals surface area (Å²) in [6.45, 7) is 17.7. The van der Waals surface area contributed by atoms with Crippen molar-refractivity contribution in [3.63, 3.8) is 0 Å². The van der Waals surface area contributed by atoms with Crippen LogP contribution < -0.4 is 4.74 Å². The Labute approximate surface area is 193 Å². The molecule has 0 spiro atoms. The Balaban J connectivity index is 1.67. The summed E-state index contributed by atoms with van der Waals surface area (Å²) < 4.78 is 11.5. The fourth-order valence-corrected chi connectivity index (χ4v) is 5.21. The highest BCUT2D eigenvalue weighted by Crippen LogP contribution is 2.37. The number of aryl methyl sites for hydroxylation is 1. The fourth-order valence-electron chi connectivity index (χ4n) is 5.21. The van der Waals surface area contributed by atoms with E-state index < -0.39 is 0 Å². The molecule has 2 heterocycles. The van der Waals surface area contributed by atoms with Crippen molar-refractivity contribution in [1.82, 2.24) is 9.80 Å². The van der Waals surface area contributed by atoms with E-state index in [0.29, 0.717) is 12.0 Å². The van der Waals surface area contributed by atoms with Crippen LogP contribution in [0.5, 0.6) is 5.75 Å². The number of hydrogen-bond donors (Lipinski definition) is 0. The molecule has 4 rings (SSSR count). The Bertz CT molecular complexity index is 1080. The molecule has 172 valence electrons. The van der Waals surface area contributed by atoms with Crippen molar-refractivity contribution in [2.75, 3.05) is 26.7 Å². The van der Waals surface area contributed by atoms with Gasteiger partial charge in [-0.25, -0.2) is 0 Å². The van der Waals surface area contributed by atoms with E-state index in [4.69, 9.17) is 9.15 Å². The summed E-state index contributed by atoms with van der Waals surface area (Å²) in [5, 5.41) is 1.17. The lowest BCUT2D eigenvalue weighted by atomic mass is 9.88. The molecule has 0 bridgehead atoms. The average molecular weight is 435 g/mol. The minimum atomic E-state index is 0.121. The summed E-state index contributed by atoms with van der Waals surface area (Å²) in [7, 11) is 1.70. The van der Waals surface area contributed by atoms with Crippen molar-refractivity contribution < 1.29 is 9.15 Å². The minimum Gasteiger partial charge on any atom is -0.493 e. The normalized spacial score (nSPS) is 18.6. The van der Waals surface area contributed by atoms with Crippen LogP contribution in [-0.4, -0.2) is 42.1 Å². The van der Waals surface area contributed by atoms with Gasteiger partial charge in [-0.15, -0.1) is 0 Å². The van der Waals surface area contributed by atoms with Gasteiger partial charge in [-0.05, 0) is 62.4 Å². The van der Waals surface area contributed by atoms with E-state index in [2.05, 4.69) is 80.8 Å². The first kappa shape index (κ1) is 22.9. The zero-order valence-electron chi connectivity index (χ0n) is 20.7. The molecule has 0 N–H and O–H groups in total. The lowest BCUT2D eigenvalue weighted by Crippen LogP contribution is -2.55. The third-order valence-corrected chi connectivity index (χ3v) is 6.78. The van der Waals surface area contributed by atoms with Crippen LogP contribution >= 0.6 is 0 Å². The first-order valence-electron chi connectivity index (χ1n) is 11.8. The second kappa shape index (κ2) is 8.92. The van der Waals surface area contributed by atoms with Gasteiger partial charge in [0.2, 0.25) is 0 Å². The van der Waals surface area contributed by atoms with Gasteiger partial charge in [-0.2, -0.15) is 0 Å². The summed E-state index contributed by atoms with van der Waals surface area (Å²) in [5.74, 6) is 2.24. The molecule has 4 nitrogen and oxygen atoms in total. The molecule has 1 atom stereocenters. The molecular formula is C28H38N2O2. The molecule has 1 aromatic heterocycles. The number of piperazine rings is 1. The van der Waals surface area contributed by atoms with Crippen molar-refractivity contribution in [2.45, 2.75) is 65.6 Å². The largest absolute Gasteiger partial charge is 0.493 e. The molecule has 1 aliphatic heterocycles. The molecule has 4 heteroatoms. The summed E-state index contributed by atoms with van der Waals surface area (Å²) in [6, 6.07) is 15.8. The maximum Gasteiger partial charge on any atom is 0.176 e. The van der Waals surface area contributed by atoms with Crippen LogP contribution in [0, 0.1) is 6.92 Å². The minimum absolute atomic E-state index is 0.121. The van der Waals surface area contributed by atoms with Gasteiger partial charge in [-0.3, -0.25) is 9.80 Å². The van der Waals surface area contributed by atoms with Gasteiger partial charge in [0.25, 0.3) is 0 Å². The third-order valence-electron chi connectivity index (χ3n) is 6.78. The van der Waals surface area contributed by atoms with E-state index in [1.54, 1.807) is 7.11 Å². The van der Waals surface area contributed by atoms with Crippen LogP contribution in [0.4, 0.5) is 0 Å². The van der Waals surface area contributed by atoms with Gasteiger partial charge in [0.1, 0.15) is 5.76 Å². The summed E-state index contributed by atoms with van der Waals surface area (Å²) in [6.07, 6.45) is 0. The number of benzene rings is 2. The van der Waals surface area contributed by atoms with Gasteiger partial charge in [-0.1, -0.05) is 44.2 Å². The maximum absolute atomic E-state index is 5.96. The molecular weight excluding hydrogens is 396 g/mol. The first-order chi connectivity index (χ1) is 15.2. The van der Waals surface area contributed by atoms with Gasteiger partial charge >= 0.3 is 0 Å². The van der Waals surface area contributed by atoms with Crippen LogP contribution in [-0.2, 0) is 6.54 Å². The molecule has 1 unspecified atom stereocenters. The molecule has 0 radical (unpaired) electrons. The van der Waals surface area contributed by atoms with Crippen LogP contribution in [0.2, 0.25) is 0 Å². The predicted octanol–water partition coefficient (Wildman–Crippen LogP) is 6.53. The van der Waals surface area contributed by atoms with E-state index in [1.165, 1.54) is 22.1 Å². The van der Waals surface area contributed by atoms with Crippen molar-refractivity contribution >= 4 is 11.0 Å². The Hall–Kier alpha value is -2.30. The molecule has 32 heavy (non-hydrogen) atoms. The van der Waals surface area contributed by atoms with Crippen molar-refractivity contribution in [3.05, 3.63) is 64.9 Å².